The summed E-state index contributed by atoms with van der Waals surface area (Å²) in [6, 6.07) is -0.355. The topological polar surface area (TPSA) is 40.6 Å². The van der Waals surface area contributed by atoms with Crippen LogP contribution >= 0.6 is 0 Å². The monoisotopic (exact) mass is 278 g/mol. The molecule has 0 radical (unpaired) electrons. The summed E-state index contributed by atoms with van der Waals surface area (Å²) in [6.45, 7) is 5.89. The van der Waals surface area contributed by atoms with Gasteiger partial charge in [-0.1, -0.05) is 26.7 Å². The summed E-state index contributed by atoms with van der Waals surface area (Å²) >= 11 is 0. The van der Waals surface area contributed by atoms with Gasteiger partial charge >= 0.3 is 0 Å². The summed E-state index contributed by atoms with van der Waals surface area (Å²) in [7, 11) is 0. The van der Waals surface area contributed by atoms with E-state index < -0.39 is 0 Å². The van der Waals surface area contributed by atoms with E-state index in [9.17, 15) is 9.59 Å². The zero-order chi connectivity index (χ0) is 14.3. The highest BCUT2D eigenvalue weighted by Gasteiger charge is 2.47. The second-order valence-corrected chi connectivity index (χ2v) is 6.77. The Morgan fingerprint density at radius 2 is 1.90 bits per heavy atom. The van der Waals surface area contributed by atoms with Crippen LogP contribution in [0.5, 0.6) is 0 Å². The van der Waals surface area contributed by atoms with Gasteiger partial charge in [-0.25, -0.2) is 0 Å². The molecule has 4 nitrogen and oxygen atoms in total. The summed E-state index contributed by atoms with van der Waals surface area (Å²) < 4.78 is 0. The lowest BCUT2D eigenvalue weighted by Gasteiger charge is -2.43. The zero-order valence-electron chi connectivity index (χ0n) is 12.7. The first kappa shape index (κ1) is 13.9. The highest BCUT2D eigenvalue weighted by molar-refractivity contribution is 5.97. The highest BCUT2D eigenvalue weighted by atomic mass is 16.2. The van der Waals surface area contributed by atoms with Gasteiger partial charge < -0.3 is 9.80 Å². The van der Waals surface area contributed by atoms with E-state index >= 15 is 0 Å². The van der Waals surface area contributed by atoms with Crippen LogP contribution in [0.3, 0.4) is 0 Å². The molecule has 2 aliphatic heterocycles. The predicted octanol–water partition coefficient (Wildman–Crippen LogP) is 2.03. The summed E-state index contributed by atoms with van der Waals surface area (Å²) in [6.07, 6.45) is 6.34. The first-order valence-corrected chi connectivity index (χ1v) is 8.24. The van der Waals surface area contributed by atoms with Gasteiger partial charge in [0.25, 0.3) is 0 Å². The van der Waals surface area contributed by atoms with E-state index in [1.54, 1.807) is 0 Å². The molecule has 1 saturated carbocycles. The zero-order valence-corrected chi connectivity index (χ0v) is 12.7. The summed E-state index contributed by atoms with van der Waals surface area (Å²) in [5.74, 6) is 1.69. The normalized spacial score (nSPS) is 37.7. The van der Waals surface area contributed by atoms with E-state index in [0.717, 1.165) is 32.4 Å². The second kappa shape index (κ2) is 5.38. The fourth-order valence-electron chi connectivity index (χ4n) is 4.32. The van der Waals surface area contributed by atoms with Crippen molar-refractivity contribution in [3.8, 4) is 0 Å². The highest BCUT2D eigenvalue weighted by Crippen LogP contribution is 2.35. The largest absolute Gasteiger partial charge is 0.329 e. The van der Waals surface area contributed by atoms with Crippen LogP contribution in [0, 0.1) is 11.8 Å². The van der Waals surface area contributed by atoms with Crippen molar-refractivity contribution in [1.82, 2.24) is 9.80 Å². The molecule has 2 heterocycles. The molecule has 0 spiro atoms. The van der Waals surface area contributed by atoms with Crippen molar-refractivity contribution in [2.45, 2.75) is 64.5 Å². The molecule has 3 fully saturated rings. The molecule has 3 rings (SSSR count). The number of hydrogen-bond acceptors (Lipinski definition) is 2. The minimum atomic E-state index is -0.204. The summed E-state index contributed by atoms with van der Waals surface area (Å²) in [4.78, 5) is 29.1. The van der Waals surface area contributed by atoms with Gasteiger partial charge in [0.1, 0.15) is 12.1 Å². The molecule has 2 amide bonds. The maximum absolute atomic E-state index is 12.7. The molecule has 2 saturated heterocycles. The third-order valence-electron chi connectivity index (χ3n) is 5.62. The van der Waals surface area contributed by atoms with Crippen LogP contribution in [0.4, 0.5) is 0 Å². The quantitative estimate of drug-likeness (QED) is 0.792. The average Bonchev–Trinajstić information content (AvgIpc) is 3.06. The number of nitrogens with zero attached hydrogens (tertiary/aromatic N) is 2. The van der Waals surface area contributed by atoms with Gasteiger partial charge in [0.2, 0.25) is 11.8 Å². The molecule has 4 heteroatoms. The van der Waals surface area contributed by atoms with Crippen LogP contribution in [0.25, 0.3) is 0 Å². The SMILES string of the molecule is CCC1C(=O)N2CCCC2C(=O)N1CC1CCCC1C. The van der Waals surface area contributed by atoms with E-state index in [2.05, 4.69) is 6.92 Å². The minimum absolute atomic E-state index is 0.151. The molecule has 0 N–H and O–H groups in total. The molecule has 0 aromatic carbocycles. The summed E-state index contributed by atoms with van der Waals surface area (Å²) in [5, 5.41) is 0. The smallest absolute Gasteiger partial charge is 0.246 e. The second-order valence-electron chi connectivity index (χ2n) is 6.77. The van der Waals surface area contributed by atoms with Crippen molar-refractivity contribution >= 4 is 11.8 Å². The van der Waals surface area contributed by atoms with E-state index in [1.807, 2.05) is 16.7 Å². The van der Waals surface area contributed by atoms with Crippen LogP contribution in [0.2, 0.25) is 0 Å². The van der Waals surface area contributed by atoms with Crippen LogP contribution in [0.15, 0.2) is 0 Å². The minimum Gasteiger partial charge on any atom is -0.329 e. The predicted molar refractivity (Wildman–Crippen MR) is 77.0 cm³/mol. The van der Waals surface area contributed by atoms with Crippen molar-refractivity contribution in [2.24, 2.45) is 11.8 Å². The number of fused-ring (bicyclic) bond motifs is 1. The molecule has 4 unspecified atom stereocenters. The number of hydrogen-bond donors (Lipinski definition) is 0. The van der Waals surface area contributed by atoms with Gasteiger partial charge in [0.05, 0.1) is 0 Å². The molecule has 0 aromatic heterocycles. The molecule has 20 heavy (non-hydrogen) atoms. The number of carbonyl (C=O) groups excluding carboxylic acids is 2. The number of piperazine rings is 1. The third kappa shape index (κ3) is 2.13. The van der Waals surface area contributed by atoms with Crippen molar-refractivity contribution in [1.29, 1.82) is 0 Å². The third-order valence-corrected chi connectivity index (χ3v) is 5.62. The first-order valence-electron chi connectivity index (χ1n) is 8.24. The van der Waals surface area contributed by atoms with Gasteiger partial charge in [-0.15, -0.1) is 0 Å². The Bertz CT molecular complexity index is 409. The van der Waals surface area contributed by atoms with Gasteiger partial charge in [0.15, 0.2) is 0 Å². The van der Waals surface area contributed by atoms with Gasteiger partial charge in [-0.2, -0.15) is 0 Å². The van der Waals surface area contributed by atoms with E-state index in [4.69, 9.17) is 0 Å². The lowest BCUT2D eigenvalue weighted by Crippen LogP contribution is -2.63. The Labute approximate surface area is 121 Å². The average molecular weight is 278 g/mol. The van der Waals surface area contributed by atoms with E-state index in [1.165, 1.54) is 19.3 Å². The Morgan fingerprint density at radius 1 is 1.10 bits per heavy atom. The van der Waals surface area contributed by atoms with Crippen LogP contribution in [-0.2, 0) is 9.59 Å². The molecule has 3 aliphatic rings. The van der Waals surface area contributed by atoms with Crippen molar-refractivity contribution < 1.29 is 9.59 Å². The number of rotatable bonds is 3. The Hall–Kier alpha value is -1.06. The standard InChI is InChI=1S/C16H26N2O2/c1-3-13-15(19)17-9-5-8-14(17)16(20)18(13)10-12-7-4-6-11(12)2/h11-14H,3-10H2,1-2H3. The Balaban J connectivity index is 1.79. The van der Waals surface area contributed by atoms with Crippen LogP contribution < -0.4 is 0 Å². The lowest BCUT2D eigenvalue weighted by atomic mass is 9.94. The molecule has 1 aliphatic carbocycles. The Morgan fingerprint density at radius 3 is 2.55 bits per heavy atom. The van der Waals surface area contributed by atoms with Gasteiger partial charge in [0, 0.05) is 13.1 Å². The fourth-order valence-corrected chi connectivity index (χ4v) is 4.32. The van der Waals surface area contributed by atoms with Crippen molar-refractivity contribution in [3.05, 3.63) is 0 Å². The molecular weight excluding hydrogens is 252 g/mol. The van der Waals surface area contributed by atoms with Crippen molar-refractivity contribution in [2.75, 3.05) is 13.1 Å². The summed E-state index contributed by atoms with van der Waals surface area (Å²) in [5.41, 5.74) is 0. The Kier molecular flexibility index (Phi) is 3.74. The van der Waals surface area contributed by atoms with E-state index in [-0.39, 0.29) is 23.9 Å². The van der Waals surface area contributed by atoms with Crippen LogP contribution in [0.1, 0.15) is 52.4 Å². The fraction of sp³-hybridized carbons (Fsp3) is 0.875. The van der Waals surface area contributed by atoms with Crippen LogP contribution in [-0.4, -0.2) is 46.8 Å². The van der Waals surface area contributed by atoms with Gasteiger partial charge in [-0.05, 0) is 37.5 Å². The maximum Gasteiger partial charge on any atom is 0.246 e. The molecule has 4 atom stereocenters. The molecular formula is C16H26N2O2. The maximum atomic E-state index is 12.7. The number of amides is 2. The van der Waals surface area contributed by atoms with Gasteiger partial charge in [-0.3, -0.25) is 9.59 Å². The van der Waals surface area contributed by atoms with E-state index in [0.29, 0.717) is 11.8 Å². The molecule has 112 valence electrons. The number of carbonyl (C=O) groups is 2. The molecule has 0 aromatic rings. The lowest BCUT2D eigenvalue weighted by molar-refractivity contribution is -0.160. The van der Waals surface area contributed by atoms with Crippen molar-refractivity contribution in [3.63, 3.8) is 0 Å². The molecule has 0 bridgehead atoms. The first-order chi connectivity index (χ1) is 9.63.